The van der Waals surface area contributed by atoms with E-state index in [-0.39, 0.29) is 19.0 Å². The first-order chi connectivity index (χ1) is 7.61. The van der Waals surface area contributed by atoms with Gasteiger partial charge in [0.1, 0.15) is 18.0 Å². The Kier molecular flexibility index (Phi) is 2.77. The van der Waals surface area contributed by atoms with Gasteiger partial charge in [0.2, 0.25) is 0 Å². The summed E-state index contributed by atoms with van der Waals surface area (Å²) in [5, 5.41) is 19.5. The van der Waals surface area contributed by atoms with Crippen LogP contribution in [0.1, 0.15) is 0 Å². The lowest BCUT2D eigenvalue weighted by atomic mass is 10.2. The van der Waals surface area contributed by atoms with E-state index in [4.69, 9.17) is 15.7 Å². The molecular weight excluding hydrogens is 216 g/mol. The summed E-state index contributed by atoms with van der Waals surface area (Å²) in [5.41, 5.74) is 4.73. The first-order valence-electron chi connectivity index (χ1n) is 4.70. The van der Waals surface area contributed by atoms with Crippen LogP contribution in [0.15, 0.2) is 17.1 Å². The number of anilines is 1. The van der Waals surface area contributed by atoms with Gasteiger partial charge in [0.05, 0.1) is 13.2 Å². The second kappa shape index (κ2) is 4.08. The molecule has 1 fully saturated rings. The SMILES string of the molecule is Nc1ccn(N2C[C@H](O)[C@@H](CO)O2)c(=O)n1. The molecule has 0 bridgehead atoms. The lowest BCUT2D eigenvalue weighted by Gasteiger charge is -2.18. The van der Waals surface area contributed by atoms with E-state index in [9.17, 15) is 9.90 Å². The average molecular weight is 228 g/mol. The molecule has 1 saturated heterocycles. The molecule has 88 valence electrons. The Morgan fingerprint density at radius 2 is 2.44 bits per heavy atom. The number of aromatic nitrogens is 2. The number of hydrogen-bond donors (Lipinski definition) is 3. The fourth-order valence-corrected chi connectivity index (χ4v) is 1.42. The van der Waals surface area contributed by atoms with Gasteiger partial charge in [0.15, 0.2) is 0 Å². The van der Waals surface area contributed by atoms with Crippen molar-refractivity contribution in [2.75, 3.05) is 24.1 Å². The molecule has 8 heteroatoms. The fraction of sp³-hybridized carbons (Fsp3) is 0.500. The van der Waals surface area contributed by atoms with Gasteiger partial charge < -0.3 is 15.9 Å². The first-order valence-corrected chi connectivity index (χ1v) is 4.70. The molecule has 1 aromatic rings. The molecule has 1 aliphatic heterocycles. The van der Waals surface area contributed by atoms with Gasteiger partial charge in [-0.15, -0.1) is 0 Å². The minimum atomic E-state index is -0.852. The molecule has 1 aliphatic rings. The van der Waals surface area contributed by atoms with Crippen LogP contribution in [0.3, 0.4) is 0 Å². The van der Waals surface area contributed by atoms with Gasteiger partial charge in [-0.1, -0.05) is 0 Å². The molecule has 1 aromatic heterocycles. The number of nitrogens with two attached hydrogens (primary N) is 1. The number of rotatable bonds is 2. The number of aliphatic hydroxyl groups excluding tert-OH is 2. The third kappa shape index (κ3) is 1.85. The Hall–Kier alpha value is -1.64. The Balaban J connectivity index is 2.23. The van der Waals surface area contributed by atoms with Crippen LogP contribution in [-0.2, 0) is 4.84 Å². The van der Waals surface area contributed by atoms with E-state index in [2.05, 4.69) is 4.98 Å². The summed E-state index contributed by atoms with van der Waals surface area (Å²) in [6.45, 7) is -0.244. The zero-order valence-electron chi connectivity index (χ0n) is 8.35. The molecular formula is C8H12N4O4. The Labute approximate surface area is 90.4 Å². The number of nitrogens with zero attached hydrogens (tertiary/aromatic N) is 3. The smallest absolute Gasteiger partial charge is 0.370 e. The summed E-state index contributed by atoms with van der Waals surface area (Å²) in [6, 6.07) is 1.43. The van der Waals surface area contributed by atoms with Gasteiger partial charge >= 0.3 is 5.69 Å². The Morgan fingerprint density at radius 1 is 1.69 bits per heavy atom. The average Bonchev–Trinajstić information content (AvgIpc) is 2.59. The molecule has 0 aromatic carbocycles. The normalized spacial score (nSPS) is 25.0. The molecule has 0 amide bonds. The number of nitrogen functional groups attached to an aromatic ring is 1. The molecule has 2 atom stereocenters. The molecule has 2 heterocycles. The fourth-order valence-electron chi connectivity index (χ4n) is 1.42. The van der Waals surface area contributed by atoms with Gasteiger partial charge in [-0.25, -0.2) is 9.63 Å². The van der Waals surface area contributed by atoms with Crippen LogP contribution in [-0.4, -0.2) is 45.2 Å². The van der Waals surface area contributed by atoms with Gasteiger partial charge in [0.25, 0.3) is 0 Å². The quantitative estimate of drug-likeness (QED) is 0.509. The number of β-amino-alcohol motifs (C(OH)–C–C–N with tert-alkyl or cyclic N) is 1. The van der Waals surface area contributed by atoms with E-state index >= 15 is 0 Å². The van der Waals surface area contributed by atoms with Crippen molar-refractivity contribution in [3.05, 3.63) is 22.7 Å². The topological polar surface area (TPSA) is 114 Å². The van der Waals surface area contributed by atoms with Crippen molar-refractivity contribution < 1.29 is 15.1 Å². The van der Waals surface area contributed by atoms with Crippen molar-refractivity contribution in [2.45, 2.75) is 12.2 Å². The third-order valence-corrected chi connectivity index (χ3v) is 2.26. The maximum absolute atomic E-state index is 11.4. The highest BCUT2D eigenvalue weighted by atomic mass is 16.7. The predicted molar refractivity (Wildman–Crippen MR) is 54.0 cm³/mol. The van der Waals surface area contributed by atoms with E-state index in [1.165, 1.54) is 12.3 Å². The van der Waals surface area contributed by atoms with E-state index in [1.54, 1.807) is 0 Å². The predicted octanol–water partition coefficient (Wildman–Crippen LogP) is -2.57. The third-order valence-electron chi connectivity index (χ3n) is 2.26. The van der Waals surface area contributed by atoms with E-state index in [0.29, 0.717) is 0 Å². The second-order valence-electron chi connectivity index (χ2n) is 3.41. The summed E-state index contributed by atoms with van der Waals surface area (Å²) in [5.74, 6) is 0.111. The maximum atomic E-state index is 11.4. The van der Waals surface area contributed by atoms with Crippen LogP contribution < -0.4 is 16.6 Å². The van der Waals surface area contributed by atoms with Crippen LogP contribution in [0.2, 0.25) is 0 Å². The van der Waals surface area contributed by atoms with Gasteiger partial charge in [-0.05, 0) is 6.07 Å². The van der Waals surface area contributed by atoms with Gasteiger partial charge in [0, 0.05) is 6.20 Å². The summed E-state index contributed by atoms with van der Waals surface area (Å²) in [4.78, 5) is 20.1. The molecule has 16 heavy (non-hydrogen) atoms. The summed E-state index contributed by atoms with van der Waals surface area (Å²) >= 11 is 0. The largest absolute Gasteiger partial charge is 0.393 e. The van der Waals surface area contributed by atoms with Crippen LogP contribution in [0, 0.1) is 0 Å². The van der Waals surface area contributed by atoms with Crippen LogP contribution in [0.25, 0.3) is 0 Å². The number of hydroxylamine groups is 1. The molecule has 0 spiro atoms. The van der Waals surface area contributed by atoms with Crippen molar-refractivity contribution in [2.24, 2.45) is 0 Å². The minimum absolute atomic E-state index is 0.0801. The molecule has 0 aliphatic carbocycles. The summed E-state index contributed by atoms with van der Waals surface area (Å²) in [6.07, 6.45) is -0.198. The molecule has 2 rings (SSSR count). The van der Waals surface area contributed by atoms with Crippen LogP contribution in [0.5, 0.6) is 0 Å². The van der Waals surface area contributed by atoms with E-state index in [0.717, 1.165) is 9.85 Å². The molecule has 0 saturated carbocycles. The van der Waals surface area contributed by atoms with Crippen molar-refractivity contribution in [3.8, 4) is 0 Å². The lowest BCUT2D eigenvalue weighted by Crippen LogP contribution is -2.41. The molecule has 0 unspecified atom stereocenters. The lowest BCUT2D eigenvalue weighted by molar-refractivity contribution is -0.0232. The number of aliphatic hydroxyl groups is 2. The van der Waals surface area contributed by atoms with Gasteiger partial charge in [-0.2, -0.15) is 14.8 Å². The highest BCUT2D eigenvalue weighted by Gasteiger charge is 2.33. The van der Waals surface area contributed by atoms with Crippen molar-refractivity contribution in [3.63, 3.8) is 0 Å². The number of hydrogen-bond acceptors (Lipinski definition) is 7. The summed E-state index contributed by atoms with van der Waals surface area (Å²) < 4.78 is 1.08. The zero-order valence-corrected chi connectivity index (χ0v) is 8.35. The maximum Gasteiger partial charge on any atom is 0.370 e. The molecule has 0 radical (unpaired) electrons. The summed E-state index contributed by atoms with van der Waals surface area (Å²) in [7, 11) is 0. The Bertz CT molecular complexity index is 434. The zero-order chi connectivity index (χ0) is 11.7. The minimum Gasteiger partial charge on any atom is -0.393 e. The van der Waals surface area contributed by atoms with Gasteiger partial charge in [-0.3, -0.25) is 0 Å². The Morgan fingerprint density at radius 3 is 3.00 bits per heavy atom. The first kappa shape index (κ1) is 10.9. The highest BCUT2D eigenvalue weighted by molar-refractivity contribution is 5.23. The van der Waals surface area contributed by atoms with Crippen molar-refractivity contribution >= 4 is 5.82 Å². The van der Waals surface area contributed by atoms with Crippen molar-refractivity contribution in [1.82, 2.24) is 9.66 Å². The second-order valence-corrected chi connectivity index (χ2v) is 3.41. The molecule has 4 N–H and O–H groups in total. The van der Waals surface area contributed by atoms with Crippen LogP contribution >= 0.6 is 0 Å². The standard InChI is InChI=1S/C8H12N4O4/c9-7-1-2-11(8(15)10-7)12-3-5(14)6(4-13)16-12/h1-2,5-6,13-14H,3-4H2,(H2,9,10,15)/t5-,6+/m0/s1. The highest BCUT2D eigenvalue weighted by Crippen LogP contribution is 2.11. The van der Waals surface area contributed by atoms with E-state index < -0.39 is 17.9 Å². The van der Waals surface area contributed by atoms with Crippen LogP contribution in [0.4, 0.5) is 5.82 Å². The monoisotopic (exact) mass is 228 g/mol. The van der Waals surface area contributed by atoms with Crippen molar-refractivity contribution in [1.29, 1.82) is 0 Å². The van der Waals surface area contributed by atoms with E-state index in [1.807, 2.05) is 0 Å². The molecule has 8 nitrogen and oxygen atoms in total.